The van der Waals surface area contributed by atoms with Gasteiger partial charge in [0.25, 0.3) is 5.91 Å². The van der Waals surface area contributed by atoms with Crippen molar-refractivity contribution in [2.24, 2.45) is 5.92 Å². The van der Waals surface area contributed by atoms with E-state index in [1.54, 1.807) is 22.7 Å². The number of aromatic nitrogens is 2. The second-order valence-electron chi connectivity index (χ2n) is 5.27. The van der Waals surface area contributed by atoms with E-state index in [-0.39, 0.29) is 11.7 Å². The van der Waals surface area contributed by atoms with Crippen LogP contribution >= 0.6 is 11.3 Å². The SMILES string of the molecule is Bc1cnc(C#N)nc1N(CC(C)C)NC(=O)c1ccsc1. The maximum absolute atomic E-state index is 12.3. The molecule has 8 heteroatoms. The summed E-state index contributed by atoms with van der Waals surface area (Å²) in [5, 5.41) is 14.3. The van der Waals surface area contributed by atoms with E-state index in [0.29, 0.717) is 23.8 Å². The number of rotatable bonds is 5. The molecule has 0 radical (unpaired) electrons. The van der Waals surface area contributed by atoms with Crippen molar-refractivity contribution in [3.05, 3.63) is 34.4 Å². The van der Waals surface area contributed by atoms with Crippen molar-refractivity contribution in [3.8, 4) is 6.07 Å². The van der Waals surface area contributed by atoms with Crippen LogP contribution in [0, 0.1) is 17.2 Å². The molecule has 2 aromatic heterocycles. The van der Waals surface area contributed by atoms with E-state index < -0.39 is 0 Å². The minimum atomic E-state index is -0.196. The summed E-state index contributed by atoms with van der Waals surface area (Å²) >= 11 is 1.47. The zero-order valence-corrected chi connectivity index (χ0v) is 13.5. The van der Waals surface area contributed by atoms with Crippen LogP contribution in [0.25, 0.3) is 0 Å². The lowest BCUT2D eigenvalue weighted by Crippen LogP contribution is -2.47. The maximum Gasteiger partial charge on any atom is 0.270 e. The largest absolute Gasteiger partial charge is 0.270 e. The zero-order valence-electron chi connectivity index (χ0n) is 12.7. The summed E-state index contributed by atoms with van der Waals surface area (Å²) < 4.78 is 0. The molecule has 0 unspecified atom stereocenters. The third-order valence-electron chi connectivity index (χ3n) is 2.87. The van der Waals surface area contributed by atoms with Gasteiger partial charge in [-0.2, -0.15) is 16.6 Å². The van der Waals surface area contributed by atoms with Crippen molar-refractivity contribution in [2.75, 3.05) is 11.6 Å². The smallest absolute Gasteiger partial charge is 0.268 e. The van der Waals surface area contributed by atoms with Gasteiger partial charge in [0.2, 0.25) is 5.82 Å². The van der Waals surface area contributed by atoms with Gasteiger partial charge in [-0.1, -0.05) is 13.8 Å². The number of nitriles is 1. The third-order valence-corrected chi connectivity index (χ3v) is 3.55. The number of hydrogen-bond donors (Lipinski definition) is 1. The number of hydrazine groups is 1. The molecule has 6 nitrogen and oxygen atoms in total. The predicted octanol–water partition coefficient (Wildman–Crippen LogP) is 0.476. The van der Waals surface area contributed by atoms with Crippen LogP contribution in [0.1, 0.15) is 30.0 Å². The number of amides is 1. The van der Waals surface area contributed by atoms with Gasteiger partial charge in [-0.25, -0.2) is 9.97 Å². The molecule has 22 heavy (non-hydrogen) atoms. The highest BCUT2D eigenvalue weighted by Crippen LogP contribution is 2.10. The lowest BCUT2D eigenvalue weighted by atomic mass is 9.98. The summed E-state index contributed by atoms with van der Waals surface area (Å²) in [6.07, 6.45) is 1.59. The molecule has 1 amide bonds. The Kier molecular flexibility index (Phi) is 5.12. The quantitative estimate of drug-likeness (QED) is 0.641. The van der Waals surface area contributed by atoms with Gasteiger partial charge in [0, 0.05) is 18.1 Å². The molecule has 0 spiro atoms. The fraction of sp³-hybridized carbons (Fsp3) is 0.286. The van der Waals surface area contributed by atoms with Crippen LogP contribution in [-0.4, -0.2) is 30.3 Å². The van der Waals surface area contributed by atoms with Crippen LogP contribution < -0.4 is 15.9 Å². The lowest BCUT2D eigenvalue weighted by Gasteiger charge is -2.27. The van der Waals surface area contributed by atoms with Gasteiger partial charge in [-0.15, -0.1) is 0 Å². The molecule has 1 N–H and O–H groups in total. The van der Waals surface area contributed by atoms with E-state index in [2.05, 4.69) is 15.4 Å². The van der Waals surface area contributed by atoms with E-state index in [4.69, 9.17) is 5.26 Å². The second-order valence-corrected chi connectivity index (χ2v) is 6.05. The van der Waals surface area contributed by atoms with Gasteiger partial charge in [0.15, 0.2) is 0 Å². The molecule has 0 atom stereocenters. The van der Waals surface area contributed by atoms with Crippen molar-refractivity contribution >= 4 is 36.4 Å². The highest BCUT2D eigenvalue weighted by Gasteiger charge is 2.17. The molecule has 2 rings (SSSR count). The van der Waals surface area contributed by atoms with Crippen LogP contribution in [0.5, 0.6) is 0 Å². The molecule has 0 aromatic carbocycles. The fourth-order valence-electron chi connectivity index (χ4n) is 1.89. The summed E-state index contributed by atoms with van der Waals surface area (Å²) in [5.74, 6) is 0.740. The Bertz CT molecular complexity index is 696. The maximum atomic E-state index is 12.3. The number of nitrogens with one attached hydrogen (secondary N) is 1. The minimum absolute atomic E-state index is 0.0825. The first kappa shape index (κ1) is 16.0. The molecule has 2 heterocycles. The zero-order chi connectivity index (χ0) is 16.1. The van der Waals surface area contributed by atoms with E-state index in [1.165, 1.54) is 11.3 Å². The standard InChI is InChI=1S/C14H16BN5OS/c1-9(2)7-20(19-14(21)10-3-4-22-8-10)13-11(15)6-17-12(5-16)18-13/h3-4,6,8-9H,7,15H2,1-2H3,(H,19,21). The Morgan fingerprint density at radius 3 is 2.95 bits per heavy atom. The van der Waals surface area contributed by atoms with Gasteiger partial charge in [-0.3, -0.25) is 15.2 Å². The van der Waals surface area contributed by atoms with Gasteiger partial charge >= 0.3 is 0 Å². The van der Waals surface area contributed by atoms with Crippen molar-refractivity contribution in [3.63, 3.8) is 0 Å². The Hall–Kier alpha value is -2.40. The van der Waals surface area contributed by atoms with Crippen molar-refractivity contribution in [2.45, 2.75) is 13.8 Å². The summed E-state index contributed by atoms with van der Waals surface area (Å²) in [6, 6.07) is 3.69. The van der Waals surface area contributed by atoms with E-state index in [9.17, 15) is 4.79 Å². The van der Waals surface area contributed by atoms with Crippen LogP contribution in [0.2, 0.25) is 0 Å². The first-order valence-corrected chi connectivity index (χ1v) is 7.80. The van der Waals surface area contributed by atoms with Gasteiger partial charge in [0.1, 0.15) is 19.7 Å². The Labute approximate surface area is 134 Å². The number of thiophene rings is 1. The molecule has 2 aromatic rings. The third kappa shape index (κ3) is 3.83. The summed E-state index contributed by atoms with van der Waals surface area (Å²) in [7, 11) is 1.85. The molecule has 112 valence electrons. The van der Waals surface area contributed by atoms with E-state index in [0.717, 1.165) is 5.46 Å². The van der Waals surface area contributed by atoms with Crippen molar-refractivity contribution in [1.82, 2.24) is 15.4 Å². The van der Waals surface area contributed by atoms with Gasteiger partial charge in [0.05, 0.1) is 5.56 Å². The summed E-state index contributed by atoms with van der Waals surface area (Å²) in [4.78, 5) is 20.4. The predicted molar refractivity (Wildman–Crippen MR) is 88.9 cm³/mol. The normalized spacial score (nSPS) is 10.3. The van der Waals surface area contributed by atoms with Crippen LogP contribution in [-0.2, 0) is 0 Å². The molecule has 0 aliphatic heterocycles. The fourth-order valence-corrected chi connectivity index (χ4v) is 2.53. The molecule has 0 saturated heterocycles. The highest BCUT2D eigenvalue weighted by atomic mass is 32.1. The van der Waals surface area contributed by atoms with Crippen molar-refractivity contribution < 1.29 is 4.79 Å². The molecule has 0 bridgehead atoms. The number of carbonyl (C=O) groups excluding carboxylic acids is 1. The monoisotopic (exact) mass is 313 g/mol. The first-order valence-electron chi connectivity index (χ1n) is 6.85. The number of nitrogens with zero attached hydrogens (tertiary/aromatic N) is 4. The van der Waals surface area contributed by atoms with Gasteiger partial charge in [-0.05, 0) is 22.8 Å². The lowest BCUT2D eigenvalue weighted by molar-refractivity contribution is 0.0948. The van der Waals surface area contributed by atoms with E-state index >= 15 is 0 Å². The summed E-state index contributed by atoms with van der Waals surface area (Å²) in [6.45, 7) is 4.68. The van der Waals surface area contributed by atoms with Crippen LogP contribution in [0.15, 0.2) is 23.0 Å². The average Bonchev–Trinajstić information content (AvgIpc) is 3.01. The molecule has 0 fully saturated rings. The number of carbonyl (C=O) groups is 1. The van der Waals surface area contributed by atoms with E-state index in [1.807, 2.05) is 33.1 Å². The van der Waals surface area contributed by atoms with Gasteiger partial charge < -0.3 is 0 Å². The number of anilines is 1. The second kappa shape index (κ2) is 7.05. The minimum Gasteiger partial charge on any atom is -0.268 e. The molecular formula is C14H16BN5OS. The highest BCUT2D eigenvalue weighted by molar-refractivity contribution is 7.08. The molecule has 0 aliphatic carbocycles. The van der Waals surface area contributed by atoms with Crippen molar-refractivity contribution in [1.29, 1.82) is 5.26 Å². The number of hydrogen-bond acceptors (Lipinski definition) is 6. The Balaban J connectivity index is 2.30. The van der Waals surface area contributed by atoms with Crippen LogP contribution in [0.3, 0.4) is 0 Å². The van der Waals surface area contributed by atoms with Crippen LogP contribution in [0.4, 0.5) is 5.82 Å². The molecule has 0 saturated carbocycles. The Morgan fingerprint density at radius 1 is 1.59 bits per heavy atom. The molecule has 0 aliphatic rings. The first-order chi connectivity index (χ1) is 10.5. The Morgan fingerprint density at radius 2 is 2.36 bits per heavy atom. The topological polar surface area (TPSA) is 81.9 Å². The summed E-state index contributed by atoms with van der Waals surface area (Å²) in [5.41, 5.74) is 4.26. The average molecular weight is 313 g/mol. The molecular weight excluding hydrogens is 297 g/mol.